The van der Waals surface area contributed by atoms with Gasteiger partial charge in [0.1, 0.15) is 18.4 Å². The Morgan fingerprint density at radius 1 is 1.16 bits per heavy atom. The van der Waals surface area contributed by atoms with Gasteiger partial charge in [-0.05, 0) is 24.1 Å². The van der Waals surface area contributed by atoms with Crippen molar-refractivity contribution in [2.75, 3.05) is 37.4 Å². The van der Waals surface area contributed by atoms with Crippen LogP contribution in [0.1, 0.15) is 22.8 Å². The predicted octanol–water partition coefficient (Wildman–Crippen LogP) is 1.59. The van der Waals surface area contributed by atoms with Crippen LogP contribution in [-0.2, 0) is 11.3 Å². The van der Waals surface area contributed by atoms with E-state index in [2.05, 4.69) is 38.4 Å². The number of nitrogens with one attached hydrogen (secondary N) is 1. The van der Waals surface area contributed by atoms with Crippen LogP contribution >= 0.6 is 0 Å². The third kappa shape index (κ3) is 4.73. The standard InChI is InChI=1S/C26H28N10O2/c1-16-11-34(23-5-4-17(7-27)8-29-23)14-21(16)32-25-20(26(28)38)10-31-36-13-18(6-22(25)36)19-9-30-35(12-19)15-24(37)33(2)3/h4-6,8-10,12-13,16,21,32H,11,14-15H2,1-3H3,(H2,28,38)/t16-,21+/m0/s1. The lowest BCUT2D eigenvalue weighted by Crippen LogP contribution is -2.30. The average Bonchev–Trinajstić information content (AvgIpc) is 3.63. The maximum absolute atomic E-state index is 12.3. The molecule has 2 amide bonds. The van der Waals surface area contributed by atoms with Crippen LogP contribution in [0.5, 0.6) is 0 Å². The Bertz CT molecular complexity index is 1550. The zero-order chi connectivity index (χ0) is 27.0. The summed E-state index contributed by atoms with van der Waals surface area (Å²) in [5.74, 6) is 0.404. The number of rotatable bonds is 7. The van der Waals surface area contributed by atoms with Crippen LogP contribution in [0, 0.1) is 17.2 Å². The second-order valence-electron chi connectivity index (χ2n) is 9.72. The normalized spacial score (nSPS) is 16.9. The largest absolute Gasteiger partial charge is 0.378 e. The number of amides is 2. The number of carbonyl (C=O) groups excluding carboxylic acids is 2. The van der Waals surface area contributed by atoms with Crippen LogP contribution in [0.4, 0.5) is 11.5 Å². The lowest BCUT2D eigenvalue weighted by Gasteiger charge is -2.21. The first-order chi connectivity index (χ1) is 18.2. The SMILES string of the molecule is C[C@H]1CN(c2ccc(C#N)cn2)C[C@H]1Nc1c(C(N)=O)cnn2cc(-c3cnn(CC(=O)N(C)C)c3)cc12. The topological polar surface area (TPSA) is 150 Å². The van der Waals surface area contributed by atoms with Gasteiger partial charge in [-0.3, -0.25) is 14.3 Å². The fourth-order valence-corrected chi connectivity index (χ4v) is 4.60. The maximum Gasteiger partial charge on any atom is 0.252 e. The molecule has 1 saturated heterocycles. The Balaban J connectivity index is 1.43. The number of pyridine rings is 1. The summed E-state index contributed by atoms with van der Waals surface area (Å²) in [6.07, 6.45) is 8.39. The van der Waals surface area contributed by atoms with Crippen LogP contribution in [0.2, 0.25) is 0 Å². The molecule has 2 atom stereocenters. The summed E-state index contributed by atoms with van der Waals surface area (Å²) in [5, 5.41) is 21.3. The van der Waals surface area contributed by atoms with Gasteiger partial charge in [-0.2, -0.15) is 15.5 Å². The summed E-state index contributed by atoms with van der Waals surface area (Å²) >= 11 is 0. The van der Waals surface area contributed by atoms with E-state index in [4.69, 9.17) is 11.0 Å². The summed E-state index contributed by atoms with van der Waals surface area (Å²) in [5.41, 5.74) is 9.52. The molecular weight excluding hydrogens is 484 g/mol. The molecule has 4 aromatic rings. The molecule has 3 N–H and O–H groups in total. The van der Waals surface area contributed by atoms with Crippen molar-refractivity contribution in [3.05, 3.63) is 60.3 Å². The Labute approximate surface area is 219 Å². The molecule has 12 heteroatoms. The van der Waals surface area contributed by atoms with Crippen molar-refractivity contribution in [2.24, 2.45) is 11.7 Å². The van der Waals surface area contributed by atoms with E-state index in [0.29, 0.717) is 28.9 Å². The van der Waals surface area contributed by atoms with Crippen LogP contribution in [0.3, 0.4) is 0 Å². The van der Waals surface area contributed by atoms with Gasteiger partial charge in [0.15, 0.2) is 0 Å². The molecule has 5 rings (SSSR count). The van der Waals surface area contributed by atoms with E-state index >= 15 is 0 Å². The number of nitriles is 1. The first-order valence-corrected chi connectivity index (χ1v) is 12.1. The quantitative estimate of drug-likeness (QED) is 0.379. The number of fused-ring (bicyclic) bond motifs is 1. The number of nitrogens with zero attached hydrogens (tertiary/aromatic N) is 8. The molecule has 0 aromatic carbocycles. The molecule has 5 heterocycles. The number of carbonyl (C=O) groups is 2. The monoisotopic (exact) mass is 512 g/mol. The Kier molecular flexibility index (Phi) is 6.42. The highest BCUT2D eigenvalue weighted by Gasteiger charge is 2.32. The lowest BCUT2D eigenvalue weighted by molar-refractivity contribution is -0.129. The van der Waals surface area contributed by atoms with Gasteiger partial charge in [-0.15, -0.1) is 0 Å². The number of nitrogens with two attached hydrogens (primary N) is 1. The fraction of sp³-hybridized carbons (Fsp3) is 0.308. The molecule has 0 saturated carbocycles. The van der Waals surface area contributed by atoms with Crippen molar-refractivity contribution < 1.29 is 9.59 Å². The fourth-order valence-electron chi connectivity index (χ4n) is 4.60. The van der Waals surface area contributed by atoms with Crippen molar-refractivity contribution in [1.82, 2.24) is 29.3 Å². The van der Waals surface area contributed by atoms with Crippen LogP contribution in [0.15, 0.2) is 49.2 Å². The second kappa shape index (κ2) is 9.85. The first kappa shape index (κ1) is 24.8. The molecule has 38 heavy (non-hydrogen) atoms. The molecule has 1 fully saturated rings. The highest BCUT2D eigenvalue weighted by molar-refractivity contribution is 6.02. The molecule has 1 aliphatic rings. The highest BCUT2D eigenvalue weighted by Crippen LogP contribution is 2.31. The van der Waals surface area contributed by atoms with E-state index in [1.54, 1.807) is 47.9 Å². The number of likely N-dealkylation sites (N-methyl/N-ethyl adjacent to an activating group) is 1. The average molecular weight is 513 g/mol. The third-order valence-electron chi connectivity index (χ3n) is 6.81. The minimum absolute atomic E-state index is 0.00916. The minimum atomic E-state index is -0.573. The van der Waals surface area contributed by atoms with Crippen LogP contribution < -0.4 is 16.0 Å². The Hall–Kier alpha value is -4.92. The maximum atomic E-state index is 12.3. The number of primary amides is 1. The van der Waals surface area contributed by atoms with Crippen molar-refractivity contribution in [3.63, 3.8) is 0 Å². The van der Waals surface area contributed by atoms with E-state index in [0.717, 1.165) is 23.5 Å². The molecule has 194 valence electrons. The summed E-state index contributed by atoms with van der Waals surface area (Å²) in [4.78, 5) is 32.5. The molecule has 0 bridgehead atoms. The van der Waals surface area contributed by atoms with Gasteiger partial charge in [0, 0.05) is 62.9 Å². The van der Waals surface area contributed by atoms with Gasteiger partial charge in [0.2, 0.25) is 5.91 Å². The van der Waals surface area contributed by atoms with E-state index in [1.807, 2.05) is 18.3 Å². The molecular formula is C26H28N10O2. The molecule has 0 radical (unpaired) electrons. The Morgan fingerprint density at radius 3 is 2.66 bits per heavy atom. The first-order valence-electron chi connectivity index (χ1n) is 12.1. The van der Waals surface area contributed by atoms with E-state index in [-0.39, 0.29) is 24.4 Å². The van der Waals surface area contributed by atoms with Gasteiger partial charge < -0.3 is 20.9 Å². The van der Waals surface area contributed by atoms with E-state index in [1.165, 1.54) is 11.1 Å². The van der Waals surface area contributed by atoms with Crippen LogP contribution in [-0.4, -0.2) is 74.3 Å². The number of aromatic nitrogens is 5. The smallest absolute Gasteiger partial charge is 0.252 e. The zero-order valence-corrected chi connectivity index (χ0v) is 21.4. The molecule has 0 aliphatic carbocycles. The summed E-state index contributed by atoms with van der Waals surface area (Å²) in [6, 6.07) is 7.63. The lowest BCUT2D eigenvalue weighted by atomic mass is 10.1. The van der Waals surface area contributed by atoms with Gasteiger partial charge in [-0.1, -0.05) is 6.92 Å². The van der Waals surface area contributed by atoms with Gasteiger partial charge >= 0.3 is 0 Å². The number of anilines is 2. The highest BCUT2D eigenvalue weighted by atomic mass is 16.2. The van der Waals surface area contributed by atoms with Crippen molar-refractivity contribution in [3.8, 4) is 17.2 Å². The summed E-state index contributed by atoms with van der Waals surface area (Å²) in [6.45, 7) is 3.70. The molecule has 0 spiro atoms. The zero-order valence-electron chi connectivity index (χ0n) is 21.4. The molecule has 12 nitrogen and oxygen atoms in total. The molecule has 1 aliphatic heterocycles. The molecule has 4 aromatic heterocycles. The van der Waals surface area contributed by atoms with Crippen molar-refractivity contribution in [1.29, 1.82) is 5.26 Å². The van der Waals surface area contributed by atoms with Crippen molar-refractivity contribution >= 4 is 28.8 Å². The van der Waals surface area contributed by atoms with E-state index in [9.17, 15) is 9.59 Å². The van der Waals surface area contributed by atoms with Gasteiger partial charge in [-0.25, -0.2) is 9.50 Å². The molecule has 0 unspecified atom stereocenters. The van der Waals surface area contributed by atoms with Crippen LogP contribution in [0.25, 0.3) is 16.6 Å². The summed E-state index contributed by atoms with van der Waals surface area (Å²) in [7, 11) is 3.41. The van der Waals surface area contributed by atoms with Crippen molar-refractivity contribution in [2.45, 2.75) is 19.5 Å². The number of hydrogen-bond acceptors (Lipinski definition) is 8. The number of hydrogen-bond donors (Lipinski definition) is 2. The van der Waals surface area contributed by atoms with E-state index < -0.39 is 5.91 Å². The summed E-state index contributed by atoms with van der Waals surface area (Å²) < 4.78 is 3.29. The second-order valence-corrected chi connectivity index (χ2v) is 9.72. The minimum Gasteiger partial charge on any atom is -0.378 e. The van der Waals surface area contributed by atoms with Gasteiger partial charge in [0.25, 0.3) is 5.91 Å². The Morgan fingerprint density at radius 2 is 1.97 bits per heavy atom. The van der Waals surface area contributed by atoms with Gasteiger partial charge in [0.05, 0.1) is 34.7 Å². The third-order valence-corrected chi connectivity index (χ3v) is 6.81. The predicted molar refractivity (Wildman–Crippen MR) is 141 cm³/mol.